The maximum absolute atomic E-state index is 11.9. The Morgan fingerprint density at radius 1 is 1.33 bits per heavy atom. The molecule has 1 amide bonds. The third kappa shape index (κ3) is 4.12. The number of aliphatic hydroxyl groups is 1. The minimum Gasteiger partial charge on any atom is -0.396 e. The largest absolute Gasteiger partial charge is 0.396 e. The van der Waals surface area contributed by atoms with Gasteiger partial charge in [0.15, 0.2) is 0 Å². The molecule has 0 unspecified atom stereocenters. The SMILES string of the molecule is CC(C)c1ccc(-c2nc(C(=O)NCCCO)cs2)cc1. The number of nitrogens with zero attached hydrogens (tertiary/aromatic N) is 1. The van der Waals surface area contributed by atoms with Crippen LogP contribution in [0.5, 0.6) is 0 Å². The molecule has 0 spiro atoms. The lowest BCUT2D eigenvalue weighted by atomic mass is 10.0. The van der Waals surface area contributed by atoms with Crippen LogP contribution in [0.4, 0.5) is 0 Å². The zero-order valence-electron chi connectivity index (χ0n) is 12.3. The molecule has 21 heavy (non-hydrogen) atoms. The summed E-state index contributed by atoms with van der Waals surface area (Å²) in [5, 5.41) is 14.0. The van der Waals surface area contributed by atoms with Gasteiger partial charge in [-0.2, -0.15) is 0 Å². The summed E-state index contributed by atoms with van der Waals surface area (Å²) in [5.41, 5.74) is 2.75. The Bertz CT molecular complexity index is 591. The van der Waals surface area contributed by atoms with Crippen LogP contribution in [0.3, 0.4) is 0 Å². The van der Waals surface area contributed by atoms with Crippen LogP contribution in [0.1, 0.15) is 42.2 Å². The smallest absolute Gasteiger partial charge is 0.270 e. The molecule has 112 valence electrons. The minimum absolute atomic E-state index is 0.0742. The number of hydrogen-bond donors (Lipinski definition) is 2. The van der Waals surface area contributed by atoms with E-state index in [4.69, 9.17) is 5.11 Å². The second-order valence-corrected chi connectivity index (χ2v) is 6.01. The van der Waals surface area contributed by atoms with Gasteiger partial charge < -0.3 is 10.4 Å². The molecule has 2 aromatic rings. The predicted molar refractivity (Wildman–Crippen MR) is 85.7 cm³/mol. The third-order valence-electron chi connectivity index (χ3n) is 3.18. The quantitative estimate of drug-likeness (QED) is 0.806. The molecular formula is C16H20N2O2S. The highest BCUT2D eigenvalue weighted by atomic mass is 32.1. The Balaban J connectivity index is 2.07. The molecule has 0 saturated carbocycles. The average molecular weight is 304 g/mol. The number of rotatable bonds is 6. The zero-order valence-corrected chi connectivity index (χ0v) is 13.1. The van der Waals surface area contributed by atoms with E-state index in [2.05, 4.69) is 36.3 Å². The van der Waals surface area contributed by atoms with Crippen molar-refractivity contribution in [1.29, 1.82) is 0 Å². The van der Waals surface area contributed by atoms with E-state index in [0.717, 1.165) is 10.6 Å². The Morgan fingerprint density at radius 2 is 2.05 bits per heavy atom. The number of nitrogens with one attached hydrogen (secondary N) is 1. The Labute approximate surface area is 128 Å². The van der Waals surface area contributed by atoms with Crippen molar-refractivity contribution in [3.63, 3.8) is 0 Å². The highest BCUT2D eigenvalue weighted by Crippen LogP contribution is 2.25. The van der Waals surface area contributed by atoms with Crippen molar-refractivity contribution in [2.45, 2.75) is 26.2 Å². The summed E-state index contributed by atoms with van der Waals surface area (Å²) in [6.07, 6.45) is 0.555. The van der Waals surface area contributed by atoms with Crippen molar-refractivity contribution in [3.8, 4) is 10.6 Å². The van der Waals surface area contributed by atoms with Gasteiger partial charge in [0, 0.05) is 24.1 Å². The zero-order chi connectivity index (χ0) is 15.2. The average Bonchev–Trinajstić information content (AvgIpc) is 2.97. The molecule has 5 heteroatoms. The predicted octanol–water partition coefficient (Wildman–Crippen LogP) is 3.05. The fourth-order valence-corrected chi connectivity index (χ4v) is 2.70. The van der Waals surface area contributed by atoms with Gasteiger partial charge in [-0.1, -0.05) is 38.1 Å². The highest BCUT2D eigenvalue weighted by molar-refractivity contribution is 7.13. The van der Waals surface area contributed by atoms with Crippen LogP contribution < -0.4 is 5.32 Å². The van der Waals surface area contributed by atoms with E-state index in [-0.39, 0.29) is 12.5 Å². The van der Waals surface area contributed by atoms with E-state index >= 15 is 0 Å². The number of hydrogen-bond acceptors (Lipinski definition) is 4. The summed E-state index contributed by atoms with van der Waals surface area (Å²) < 4.78 is 0. The monoisotopic (exact) mass is 304 g/mol. The van der Waals surface area contributed by atoms with Crippen molar-refractivity contribution in [1.82, 2.24) is 10.3 Å². The van der Waals surface area contributed by atoms with Crippen molar-refractivity contribution < 1.29 is 9.90 Å². The first-order valence-corrected chi connectivity index (χ1v) is 7.94. The Kier molecular flexibility index (Phi) is 5.47. The molecular weight excluding hydrogens is 284 g/mol. The lowest BCUT2D eigenvalue weighted by molar-refractivity contribution is 0.0947. The fraction of sp³-hybridized carbons (Fsp3) is 0.375. The van der Waals surface area contributed by atoms with Crippen LogP contribution in [0.15, 0.2) is 29.6 Å². The number of benzene rings is 1. The van der Waals surface area contributed by atoms with E-state index in [0.29, 0.717) is 24.6 Å². The molecule has 0 radical (unpaired) electrons. The minimum atomic E-state index is -0.190. The lowest BCUT2D eigenvalue weighted by Gasteiger charge is -2.05. The molecule has 0 bridgehead atoms. The molecule has 0 aliphatic rings. The molecule has 0 aliphatic carbocycles. The molecule has 1 heterocycles. The van der Waals surface area contributed by atoms with Crippen molar-refractivity contribution in [3.05, 3.63) is 40.9 Å². The molecule has 0 fully saturated rings. The Morgan fingerprint density at radius 3 is 2.67 bits per heavy atom. The molecule has 0 aliphatic heterocycles. The first kappa shape index (κ1) is 15.7. The van der Waals surface area contributed by atoms with Gasteiger partial charge >= 0.3 is 0 Å². The first-order valence-electron chi connectivity index (χ1n) is 7.06. The first-order chi connectivity index (χ1) is 10.1. The summed E-state index contributed by atoms with van der Waals surface area (Å²) >= 11 is 1.46. The summed E-state index contributed by atoms with van der Waals surface area (Å²) in [5.74, 6) is 0.313. The highest BCUT2D eigenvalue weighted by Gasteiger charge is 2.11. The van der Waals surface area contributed by atoms with Crippen LogP contribution in [0.2, 0.25) is 0 Å². The summed E-state index contributed by atoms with van der Waals surface area (Å²) in [6, 6.07) is 8.29. The van der Waals surface area contributed by atoms with Crippen LogP contribution in [-0.4, -0.2) is 29.1 Å². The van der Waals surface area contributed by atoms with E-state index in [9.17, 15) is 4.79 Å². The van der Waals surface area contributed by atoms with Gasteiger partial charge in [-0.15, -0.1) is 11.3 Å². The van der Waals surface area contributed by atoms with E-state index in [1.807, 2.05) is 12.1 Å². The van der Waals surface area contributed by atoms with Gasteiger partial charge in [0.2, 0.25) is 0 Å². The van der Waals surface area contributed by atoms with Crippen LogP contribution >= 0.6 is 11.3 Å². The van der Waals surface area contributed by atoms with Crippen LogP contribution in [-0.2, 0) is 0 Å². The van der Waals surface area contributed by atoms with Crippen molar-refractivity contribution in [2.24, 2.45) is 0 Å². The summed E-state index contributed by atoms with van der Waals surface area (Å²) in [4.78, 5) is 16.2. The second-order valence-electron chi connectivity index (χ2n) is 5.15. The number of amides is 1. The summed E-state index contributed by atoms with van der Waals surface area (Å²) in [6.45, 7) is 4.86. The third-order valence-corrected chi connectivity index (χ3v) is 4.07. The van der Waals surface area contributed by atoms with Crippen molar-refractivity contribution >= 4 is 17.2 Å². The van der Waals surface area contributed by atoms with E-state index in [1.54, 1.807) is 5.38 Å². The maximum atomic E-state index is 11.9. The van der Waals surface area contributed by atoms with E-state index < -0.39 is 0 Å². The normalized spacial score (nSPS) is 10.9. The van der Waals surface area contributed by atoms with Gasteiger partial charge in [-0.25, -0.2) is 4.98 Å². The molecule has 0 saturated heterocycles. The molecule has 1 aromatic heterocycles. The number of carbonyl (C=O) groups excluding carboxylic acids is 1. The van der Waals surface area contributed by atoms with Gasteiger partial charge in [0.1, 0.15) is 10.7 Å². The number of thiazole rings is 1. The fourth-order valence-electron chi connectivity index (χ4n) is 1.89. The number of aromatic nitrogens is 1. The molecule has 2 rings (SSSR count). The molecule has 1 aromatic carbocycles. The lowest BCUT2D eigenvalue weighted by Crippen LogP contribution is -2.25. The van der Waals surface area contributed by atoms with Gasteiger partial charge in [-0.3, -0.25) is 4.79 Å². The van der Waals surface area contributed by atoms with Crippen LogP contribution in [0.25, 0.3) is 10.6 Å². The molecule has 0 atom stereocenters. The van der Waals surface area contributed by atoms with E-state index in [1.165, 1.54) is 16.9 Å². The van der Waals surface area contributed by atoms with Gasteiger partial charge in [0.25, 0.3) is 5.91 Å². The standard InChI is InChI=1S/C16H20N2O2S/c1-11(2)12-4-6-13(7-5-12)16-18-14(10-21-16)15(20)17-8-3-9-19/h4-7,10-11,19H,3,8-9H2,1-2H3,(H,17,20). The maximum Gasteiger partial charge on any atom is 0.270 e. The molecule has 4 nitrogen and oxygen atoms in total. The van der Waals surface area contributed by atoms with Crippen molar-refractivity contribution in [2.75, 3.05) is 13.2 Å². The number of aliphatic hydroxyl groups excluding tert-OH is 1. The second kappa shape index (κ2) is 7.33. The Hall–Kier alpha value is -1.72. The molecule has 2 N–H and O–H groups in total. The topological polar surface area (TPSA) is 62.2 Å². The summed E-state index contributed by atoms with van der Waals surface area (Å²) in [7, 11) is 0. The number of carbonyl (C=O) groups is 1. The van der Waals surface area contributed by atoms with Gasteiger partial charge in [0.05, 0.1) is 0 Å². The van der Waals surface area contributed by atoms with Crippen LogP contribution in [0, 0.1) is 0 Å². The van der Waals surface area contributed by atoms with Gasteiger partial charge in [-0.05, 0) is 17.9 Å².